The number of piperidine rings is 1. The van der Waals surface area contributed by atoms with Crippen LogP contribution in [0.1, 0.15) is 20.3 Å². The first-order valence-electron chi connectivity index (χ1n) is 5.50. The molecule has 1 aromatic rings. The van der Waals surface area contributed by atoms with Crippen molar-refractivity contribution in [2.75, 3.05) is 23.7 Å². The van der Waals surface area contributed by atoms with Crippen molar-refractivity contribution >= 4 is 11.8 Å². The Labute approximate surface area is 95.3 Å². The molecule has 0 radical (unpaired) electrons. The first-order valence-corrected chi connectivity index (χ1v) is 5.50. The number of aromatic nitrogens is 2. The molecule has 0 bridgehead atoms. The molecule has 1 aliphatic heterocycles. The highest BCUT2D eigenvalue weighted by Gasteiger charge is 2.35. The maximum absolute atomic E-state index is 9.86. The number of hydrogen-bond acceptors (Lipinski definition) is 5. The zero-order valence-electron chi connectivity index (χ0n) is 9.72. The normalized spacial score (nSPS) is 24.4. The van der Waals surface area contributed by atoms with Crippen molar-refractivity contribution in [1.29, 1.82) is 0 Å². The SMILES string of the molecule is CC1(C)CN(c2nccc(N)n2)CCC1O. The molecule has 16 heavy (non-hydrogen) atoms. The fourth-order valence-electron chi connectivity index (χ4n) is 2.03. The van der Waals surface area contributed by atoms with Gasteiger partial charge in [0, 0.05) is 24.7 Å². The van der Waals surface area contributed by atoms with Crippen molar-refractivity contribution in [2.45, 2.75) is 26.4 Å². The summed E-state index contributed by atoms with van der Waals surface area (Å²) in [5.74, 6) is 1.13. The van der Waals surface area contributed by atoms with Gasteiger partial charge in [-0.1, -0.05) is 13.8 Å². The minimum atomic E-state index is -0.259. The van der Waals surface area contributed by atoms with E-state index in [9.17, 15) is 5.11 Å². The number of nitrogens with two attached hydrogens (primary N) is 1. The molecule has 0 aliphatic carbocycles. The molecule has 0 amide bonds. The largest absolute Gasteiger partial charge is 0.392 e. The average molecular weight is 222 g/mol. The van der Waals surface area contributed by atoms with Gasteiger partial charge in [0.25, 0.3) is 0 Å². The Bertz CT molecular complexity index is 380. The maximum atomic E-state index is 9.86. The number of nitrogen functional groups attached to an aromatic ring is 1. The topological polar surface area (TPSA) is 75.3 Å². The van der Waals surface area contributed by atoms with Crippen LogP contribution in [0.15, 0.2) is 12.3 Å². The lowest BCUT2D eigenvalue weighted by molar-refractivity contribution is 0.0332. The van der Waals surface area contributed by atoms with Crippen LogP contribution >= 0.6 is 0 Å². The second-order valence-electron chi connectivity index (χ2n) is 5.00. The predicted octanol–water partition coefficient (Wildman–Crippen LogP) is 0.656. The third kappa shape index (κ3) is 2.09. The zero-order valence-corrected chi connectivity index (χ0v) is 9.72. The Hall–Kier alpha value is -1.36. The van der Waals surface area contributed by atoms with E-state index in [1.807, 2.05) is 0 Å². The van der Waals surface area contributed by atoms with Gasteiger partial charge in [-0.3, -0.25) is 0 Å². The van der Waals surface area contributed by atoms with E-state index in [0.717, 1.165) is 19.5 Å². The summed E-state index contributed by atoms with van der Waals surface area (Å²) in [4.78, 5) is 10.5. The van der Waals surface area contributed by atoms with Crippen LogP contribution in [0.3, 0.4) is 0 Å². The van der Waals surface area contributed by atoms with Crippen molar-refractivity contribution in [3.05, 3.63) is 12.3 Å². The summed E-state index contributed by atoms with van der Waals surface area (Å²) in [6.45, 7) is 5.62. The van der Waals surface area contributed by atoms with Gasteiger partial charge in [-0.15, -0.1) is 0 Å². The van der Waals surface area contributed by atoms with Crippen LogP contribution in [0.5, 0.6) is 0 Å². The highest BCUT2D eigenvalue weighted by atomic mass is 16.3. The van der Waals surface area contributed by atoms with Crippen molar-refractivity contribution < 1.29 is 5.11 Å². The Morgan fingerprint density at radius 1 is 1.56 bits per heavy atom. The highest BCUT2D eigenvalue weighted by Crippen LogP contribution is 2.30. The lowest BCUT2D eigenvalue weighted by atomic mass is 9.81. The number of rotatable bonds is 1. The van der Waals surface area contributed by atoms with E-state index in [1.165, 1.54) is 0 Å². The van der Waals surface area contributed by atoms with Gasteiger partial charge in [0.05, 0.1) is 6.10 Å². The van der Waals surface area contributed by atoms with Gasteiger partial charge in [0.15, 0.2) is 0 Å². The fraction of sp³-hybridized carbons (Fsp3) is 0.636. The molecule has 1 unspecified atom stereocenters. The van der Waals surface area contributed by atoms with Crippen LogP contribution in [0, 0.1) is 5.41 Å². The van der Waals surface area contributed by atoms with E-state index in [4.69, 9.17) is 5.73 Å². The number of hydrogen-bond donors (Lipinski definition) is 2. The average Bonchev–Trinajstić information content (AvgIpc) is 2.22. The summed E-state index contributed by atoms with van der Waals surface area (Å²) >= 11 is 0. The summed E-state index contributed by atoms with van der Waals surface area (Å²) < 4.78 is 0. The quantitative estimate of drug-likeness (QED) is 0.730. The predicted molar refractivity (Wildman–Crippen MR) is 63.1 cm³/mol. The van der Waals surface area contributed by atoms with Crippen LogP contribution in [-0.4, -0.2) is 34.3 Å². The van der Waals surface area contributed by atoms with E-state index in [-0.39, 0.29) is 11.5 Å². The number of aliphatic hydroxyl groups is 1. The Balaban J connectivity index is 2.18. The molecule has 1 aromatic heterocycles. The van der Waals surface area contributed by atoms with E-state index in [1.54, 1.807) is 12.3 Å². The summed E-state index contributed by atoms with van der Waals surface area (Å²) in [5.41, 5.74) is 5.50. The van der Waals surface area contributed by atoms with Gasteiger partial charge in [0.2, 0.25) is 5.95 Å². The van der Waals surface area contributed by atoms with Gasteiger partial charge in [-0.25, -0.2) is 4.98 Å². The van der Waals surface area contributed by atoms with Crippen molar-refractivity contribution in [3.63, 3.8) is 0 Å². The smallest absolute Gasteiger partial charge is 0.227 e. The molecule has 2 heterocycles. The molecule has 0 saturated carbocycles. The molecular weight excluding hydrogens is 204 g/mol. The second-order valence-corrected chi connectivity index (χ2v) is 5.00. The third-order valence-corrected chi connectivity index (χ3v) is 3.12. The molecule has 0 aromatic carbocycles. The van der Waals surface area contributed by atoms with Crippen LogP contribution in [0.4, 0.5) is 11.8 Å². The highest BCUT2D eigenvalue weighted by molar-refractivity contribution is 5.38. The molecule has 3 N–H and O–H groups in total. The minimum Gasteiger partial charge on any atom is -0.392 e. The number of nitrogens with zero attached hydrogens (tertiary/aromatic N) is 3. The van der Waals surface area contributed by atoms with E-state index in [0.29, 0.717) is 11.8 Å². The van der Waals surface area contributed by atoms with Gasteiger partial charge >= 0.3 is 0 Å². The number of aliphatic hydroxyl groups excluding tert-OH is 1. The second kappa shape index (κ2) is 3.90. The maximum Gasteiger partial charge on any atom is 0.227 e. The van der Waals surface area contributed by atoms with Crippen LogP contribution in [0.2, 0.25) is 0 Å². The monoisotopic (exact) mass is 222 g/mol. The molecule has 88 valence electrons. The molecule has 5 heteroatoms. The summed E-state index contributed by atoms with van der Waals surface area (Å²) in [7, 11) is 0. The standard InChI is InChI=1S/C11H18N4O/c1-11(2)7-15(6-4-8(11)16)10-13-5-3-9(12)14-10/h3,5,8,16H,4,6-7H2,1-2H3,(H2,12,13,14). The number of anilines is 2. The molecule has 0 spiro atoms. The molecule has 1 aliphatic rings. The summed E-state index contributed by atoms with van der Waals surface area (Å²) in [5, 5.41) is 9.86. The van der Waals surface area contributed by atoms with E-state index in [2.05, 4.69) is 28.7 Å². The molecule has 1 saturated heterocycles. The van der Waals surface area contributed by atoms with Crippen LogP contribution in [-0.2, 0) is 0 Å². The van der Waals surface area contributed by atoms with E-state index >= 15 is 0 Å². The first-order chi connectivity index (χ1) is 7.49. The van der Waals surface area contributed by atoms with Crippen molar-refractivity contribution in [3.8, 4) is 0 Å². The van der Waals surface area contributed by atoms with Gasteiger partial charge in [-0.05, 0) is 12.5 Å². The van der Waals surface area contributed by atoms with E-state index < -0.39 is 0 Å². The van der Waals surface area contributed by atoms with Crippen LogP contribution < -0.4 is 10.6 Å². The lowest BCUT2D eigenvalue weighted by Gasteiger charge is -2.41. The fourth-order valence-corrected chi connectivity index (χ4v) is 2.03. The minimum absolute atomic E-state index is 0.133. The molecule has 1 atom stereocenters. The molecular formula is C11H18N4O. The zero-order chi connectivity index (χ0) is 11.8. The first kappa shape index (κ1) is 11.1. The summed E-state index contributed by atoms with van der Waals surface area (Å²) in [6, 6.07) is 1.67. The van der Waals surface area contributed by atoms with Gasteiger partial charge < -0.3 is 15.7 Å². The molecule has 1 fully saturated rings. The van der Waals surface area contributed by atoms with Crippen molar-refractivity contribution in [2.24, 2.45) is 5.41 Å². The Kier molecular flexibility index (Phi) is 2.71. The third-order valence-electron chi connectivity index (χ3n) is 3.12. The van der Waals surface area contributed by atoms with Gasteiger partial charge in [0.1, 0.15) is 5.82 Å². The molecule has 5 nitrogen and oxygen atoms in total. The lowest BCUT2D eigenvalue weighted by Crippen LogP contribution is -2.49. The van der Waals surface area contributed by atoms with Crippen molar-refractivity contribution in [1.82, 2.24) is 9.97 Å². The molecule has 2 rings (SSSR count). The van der Waals surface area contributed by atoms with Gasteiger partial charge in [-0.2, -0.15) is 4.98 Å². The Morgan fingerprint density at radius 3 is 2.94 bits per heavy atom. The summed E-state index contributed by atoms with van der Waals surface area (Å²) in [6.07, 6.45) is 2.14. The van der Waals surface area contributed by atoms with Crippen LogP contribution in [0.25, 0.3) is 0 Å². The Morgan fingerprint density at radius 2 is 2.31 bits per heavy atom.